The Hall–Kier alpha value is -1.88. The van der Waals surface area contributed by atoms with E-state index in [1.54, 1.807) is 31.2 Å². The molecule has 0 amide bonds. The number of hydrogen-bond donors (Lipinski definition) is 2. The predicted molar refractivity (Wildman–Crippen MR) is 84.0 cm³/mol. The lowest BCUT2D eigenvalue weighted by Crippen LogP contribution is -2.20. The van der Waals surface area contributed by atoms with E-state index in [0.717, 1.165) is 15.6 Å². The van der Waals surface area contributed by atoms with Crippen molar-refractivity contribution in [1.82, 2.24) is 0 Å². The zero-order valence-electron chi connectivity index (χ0n) is 11.7. The third-order valence-corrected chi connectivity index (χ3v) is 4.01. The zero-order chi connectivity index (χ0) is 15.6. The highest BCUT2D eigenvalue weighted by Gasteiger charge is 2.20. The van der Waals surface area contributed by atoms with Crippen LogP contribution in [0, 0.1) is 19.7 Å². The van der Waals surface area contributed by atoms with Crippen LogP contribution in [-0.4, -0.2) is 11.1 Å². The third kappa shape index (κ3) is 3.82. The second-order valence-electron chi connectivity index (χ2n) is 4.94. The van der Waals surface area contributed by atoms with Gasteiger partial charge in [-0.05, 0) is 54.8 Å². The van der Waals surface area contributed by atoms with Crippen LogP contribution in [0.3, 0.4) is 0 Å². The van der Waals surface area contributed by atoms with Crippen molar-refractivity contribution in [2.24, 2.45) is 0 Å². The number of carbonyl (C=O) groups is 1. The number of aryl methyl sites for hydroxylation is 2. The molecule has 0 aromatic heterocycles. The first-order valence-electron chi connectivity index (χ1n) is 6.39. The average molecular weight is 352 g/mol. The fraction of sp³-hybridized carbons (Fsp3) is 0.188. The lowest BCUT2D eigenvalue weighted by Gasteiger charge is -2.17. The number of benzene rings is 2. The molecule has 2 N–H and O–H groups in total. The fourth-order valence-electron chi connectivity index (χ4n) is 2.12. The summed E-state index contributed by atoms with van der Waals surface area (Å²) in [6, 6.07) is 8.79. The molecule has 0 fully saturated rings. The molecule has 110 valence electrons. The van der Waals surface area contributed by atoms with Gasteiger partial charge < -0.3 is 10.4 Å². The minimum absolute atomic E-state index is 0.395. The van der Waals surface area contributed by atoms with E-state index in [2.05, 4.69) is 21.2 Å². The van der Waals surface area contributed by atoms with E-state index in [1.165, 1.54) is 12.1 Å². The van der Waals surface area contributed by atoms with E-state index in [4.69, 9.17) is 0 Å². The molecule has 0 saturated carbocycles. The molecule has 0 heterocycles. The Morgan fingerprint density at radius 2 is 1.95 bits per heavy atom. The standard InChI is InChI=1S/C16H15BrFNO2/c1-9-5-12(18)8-13(6-9)19-15(16(20)21)11-3-4-14(17)10(2)7-11/h3-8,15,19H,1-2H3,(H,20,21). The monoisotopic (exact) mass is 351 g/mol. The number of carboxylic acids is 1. The third-order valence-electron chi connectivity index (χ3n) is 3.12. The number of carboxylic acid groups (broad SMARTS) is 1. The number of anilines is 1. The van der Waals surface area contributed by atoms with Crippen molar-refractivity contribution in [3.8, 4) is 0 Å². The smallest absolute Gasteiger partial charge is 0.330 e. The van der Waals surface area contributed by atoms with Gasteiger partial charge in [-0.2, -0.15) is 0 Å². The van der Waals surface area contributed by atoms with Crippen LogP contribution in [0.2, 0.25) is 0 Å². The van der Waals surface area contributed by atoms with Crippen molar-refractivity contribution < 1.29 is 14.3 Å². The van der Waals surface area contributed by atoms with E-state index in [-0.39, 0.29) is 0 Å². The molecular weight excluding hydrogens is 337 g/mol. The number of halogens is 2. The van der Waals surface area contributed by atoms with Crippen molar-refractivity contribution in [3.05, 3.63) is 63.4 Å². The normalized spacial score (nSPS) is 12.0. The summed E-state index contributed by atoms with van der Waals surface area (Å²) >= 11 is 3.38. The molecule has 5 heteroatoms. The maximum Gasteiger partial charge on any atom is 0.330 e. The lowest BCUT2D eigenvalue weighted by molar-refractivity contribution is -0.138. The minimum atomic E-state index is -1.02. The van der Waals surface area contributed by atoms with E-state index in [9.17, 15) is 14.3 Å². The van der Waals surface area contributed by atoms with Gasteiger partial charge in [0.25, 0.3) is 0 Å². The molecule has 1 atom stereocenters. The zero-order valence-corrected chi connectivity index (χ0v) is 13.2. The van der Waals surface area contributed by atoms with Gasteiger partial charge in [0.2, 0.25) is 0 Å². The fourth-order valence-corrected chi connectivity index (χ4v) is 2.37. The quantitative estimate of drug-likeness (QED) is 0.855. The highest BCUT2D eigenvalue weighted by molar-refractivity contribution is 9.10. The van der Waals surface area contributed by atoms with Gasteiger partial charge in [0, 0.05) is 10.2 Å². The summed E-state index contributed by atoms with van der Waals surface area (Å²) in [5, 5.41) is 12.3. The molecule has 0 radical (unpaired) electrons. The summed E-state index contributed by atoms with van der Waals surface area (Å²) in [5.74, 6) is -1.41. The molecule has 0 spiro atoms. The van der Waals surface area contributed by atoms with Crippen LogP contribution in [0.25, 0.3) is 0 Å². The van der Waals surface area contributed by atoms with Crippen LogP contribution in [0.4, 0.5) is 10.1 Å². The van der Waals surface area contributed by atoms with E-state index >= 15 is 0 Å². The topological polar surface area (TPSA) is 49.3 Å². The van der Waals surface area contributed by atoms with Gasteiger partial charge in [-0.15, -0.1) is 0 Å². The largest absolute Gasteiger partial charge is 0.479 e. The van der Waals surface area contributed by atoms with Crippen LogP contribution in [0.5, 0.6) is 0 Å². The Labute approximate surface area is 130 Å². The summed E-state index contributed by atoms with van der Waals surface area (Å²) in [5.41, 5.74) is 2.73. The highest BCUT2D eigenvalue weighted by Crippen LogP contribution is 2.25. The Bertz CT molecular complexity index is 668. The van der Waals surface area contributed by atoms with Gasteiger partial charge >= 0.3 is 5.97 Å². The van der Waals surface area contributed by atoms with Crippen molar-refractivity contribution in [1.29, 1.82) is 0 Å². The maximum absolute atomic E-state index is 13.4. The molecule has 0 saturated heterocycles. The SMILES string of the molecule is Cc1cc(F)cc(NC(C(=O)O)c2ccc(Br)c(C)c2)c1. The second kappa shape index (κ2) is 6.26. The van der Waals surface area contributed by atoms with Crippen LogP contribution in [0.1, 0.15) is 22.7 Å². The molecule has 0 bridgehead atoms. The van der Waals surface area contributed by atoms with Gasteiger partial charge in [0.15, 0.2) is 6.04 Å². The van der Waals surface area contributed by atoms with E-state index in [1.807, 2.05) is 6.92 Å². The first kappa shape index (κ1) is 15.5. The van der Waals surface area contributed by atoms with Crippen LogP contribution in [0.15, 0.2) is 40.9 Å². The summed E-state index contributed by atoms with van der Waals surface area (Å²) < 4.78 is 14.3. The Morgan fingerprint density at radius 3 is 2.52 bits per heavy atom. The Balaban J connectivity index is 2.35. The molecule has 21 heavy (non-hydrogen) atoms. The molecular formula is C16H15BrFNO2. The second-order valence-corrected chi connectivity index (χ2v) is 5.80. The van der Waals surface area contributed by atoms with Gasteiger partial charge in [-0.25, -0.2) is 9.18 Å². The predicted octanol–water partition coefficient (Wildman–Crippen LogP) is 4.44. The van der Waals surface area contributed by atoms with Gasteiger partial charge in [0.1, 0.15) is 5.82 Å². The van der Waals surface area contributed by atoms with Crippen molar-refractivity contribution >= 4 is 27.6 Å². The number of rotatable bonds is 4. The first-order valence-corrected chi connectivity index (χ1v) is 7.18. The summed E-state index contributed by atoms with van der Waals surface area (Å²) in [7, 11) is 0. The van der Waals surface area contributed by atoms with Crippen LogP contribution >= 0.6 is 15.9 Å². The Kier molecular flexibility index (Phi) is 4.63. The summed E-state index contributed by atoms with van der Waals surface area (Å²) in [6.45, 7) is 3.65. The number of aliphatic carboxylic acids is 1. The van der Waals surface area contributed by atoms with Crippen LogP contribution < -0.4 is 5.32 Å². The van der Waals surface area contributed by atoms with Crippen LogP contribution in [-0.2, 0) is 4.79 Å². The first-order chi connectivity index (χ1) is 9.86. The molecule has 0 aliphatic heterocycles. The van der Waals surface area contributed by atoms with Gasteiger partial charge in [-0.3, -0.25) is 0 Å². The maximum atomic E-state index is 13.4. The van der Waals surface area contributed by atoms with E-state index in [0.29, 0.717) is 11.3 Å². The highest BCUT2D eigenvalue weighted by atomic mass is 79.9. The summed E-state index contributed by atoms with van der Waals surface area (Å²) in [6.07, 6.45) is 0. The van der Waals surface area contributed by atoms with Crippen molar-refractivity contribution in [2.75, 3.05) is 5.32 Å². The number of hydrogen-bond acceptors (Lipinski definition) is 2. The molecule has 2 aromatic carbocycles. The molecule has 1 unspecified atom stereocenters. The molecule has 3 nitrogen and oxygen atoms in total. The summed E-state index contributed by atoms with van der Waals surface area (Å²) in [4.78, 5) is 11.5. The van der Waals surface area contributed by atoms with Gasteiger partial charge in [0.05, 0.1) is 0 Å². The molecule has 2 rings (SSSR count). The number of nitrogens with one attached hydrogen (secondary N) is 1. The minimum Gasteiger partial charge on any atom is -0.479 e. The van der Waals surface area contributed by atoms with Gasteiger partial charge in [-0.1, -0.05) is 28.1 Å². The molecule has 0 aliphatic carbocycles. The average Bonchev–Trinajstić information content (AvgIpc) is 2.38. The lowest BCUT2D eigenvalue weighted by atomic mass is 10.0. The van der Waals surface area contributed by atoms with Crippen molar-refractivity contribution in [3.63, 3.8) is 0 Å². The molecule has 2 aromatic rings. The molecule has 0 aliphatic rings. The van der Waals surface area contributed by atoms with Crippen molar-refractivity contribution in [2.45, 2.75) is 19.9 Å². The van der Waals surface area contributed by atoms with E-state index < -0.39 is 17.8 Å². The Morgan fingerprint density at radius 1 is 1.24 bits per heavy atom.